The van der Waals surface area contributed by atoms with Gasteiger partial charge < -0.3 is 10.2 Å². The maximum absolute atomic E-state index is 9.72. The molecule has 0 aliphatic rings. The van der Waals surface area contributed by atoms with Gasteiger partial charge in [0, 0.05) is 11.3 Å². The predicted octanol–water partition coefficient (Wildman–Crippen LogP) is 1.82. The second-order valence-corrected chi connectivity index (χ2v) is 5.16. The van der Waals surface area contributed by atoms with Gasteiger partial charge in [0.15, 0.2) is 0 Å². The molecule has 0 amide bonds. The fourth-order valence-corrected chi connectivity index (χ4v) is 2.41. The summed E-state index contributed by atoms with van der Waals surface area (Å²) < 4.78 is 0. The van der Waals surface area contributed by atoms with Crippen molar-refractivity contribution in [3.8, 4) is 0 Å². The van der Waals surface area contributed by atoms with E-state index < -0.39 is 12.2 Å². The van der Waals surface area contributed by atoms with E-state index in [1.807, 2.05) is 20.8 Å². The van der Waals surface area contributed by atoms with Gasteiger partial charge >= 0.3 is 0 Å². The zero-order valence-electron chi connectivity index (χ0n) is 9.53. The summed E-state index contributed by atoms with van der Waals surface area (Å²) in [6.45, 7) is 5.98. The molecule has 0 fully saturated rings. The average Bonchev–Trinajstić information content (AvgIpc) is 2.46. The summed E-state index contributed by atoms with van der Waals surface area (Å²) in [7, 11) is 0. The van der Waals surface area contributed by atoms with Gasteiger partial charge in [-0.3, -0.25) is 0 Å². The molecule has 4 heteroatoms. The first-order valence-electron chi connectivity index (χ1n) is 5.33. The second kappa shape index (κ2) is 5.58. The molecular formula is C11H19NO2S. The number of nitrogens with zero attached hydrogens (tertiary/aromatic N) is 1. The van der Waals surface area contributed by atoms with Crippen LogP contribution in [-0.4, -0.2) is 27.4 Å². The maximum Gasteiger partial charge on any atom is 0.0957 e. The summed E-state index contributed by atoms with van der Waals surface area (Å²) in [4.78, 5) is 5.52. The number of aliphatic hydroxyl groups excluding tert-OH is 2. The highest BCUT2D eigenvalue weighted by molar-refractivity contribution is 7.11. The van der Waals surface area contributed by atoms with Crippen molar-refractivity contribution in [3.05, 3.63) is 15.6 Å². The quantitative estimate of drug-likeness (QED) is 0.810. The molecule has 1 rings (SSSR count). The summed E-state index contributed by atoms with van der Waals surface area (Å²) in [6, 6.07) is 0. The topological polar surface area (TPSA) is 53.4 Å². The third-order valence-corrected chi connectivity index (χ3v) is 3.58. The standard InChI is InChI=1S/C11H19NO2S/c1-4-5-9(13)10(14)6-11-12-7(2)8(3)15-11/h9-10,13-14H,4-6H2,1-3H3. The van der Waals surface area contributed by atoms with Crippen LogP contribution in [0.3, 0.4) is 0 Å². The minimum Gasteiger partial charge on any atom is -0.390 e. The Morgan fingerprint density at radius 1 is 1.27 bits per heavy atom. The molecule has 86 valence electrons. The molecule has 2 unspecified atom stereocenters. The first kappa shape index (κ1) is 12.6. The van der Waals surface area contributed by atoms with E-state index in [2.05, 4.69) is 4.98 Å². The van der Waals surface area contributed by atoms with Crippen molar-refractivity contribution in [2.45, 2.75) is 52.2 Å². The maximum atomic E-state index is 9.72. The lowest BCUT2D eigenvalue weighted by Gasteiger charge is -2.15. The summed E-state index contributed by atoms with van der Waals surface area (Å²) in [5.41, 5.74) is 1.02. The molecule has 0 bridgehead atoms. The summed E-state index contributed by atoms with van der Waals surface area (Å²) in [5, 5.41) is 20.2. The first-order valence-corrected chi connectivity index (χ1v) is 6.15. The van der Waals surface area contributed by atoms with Gasteiger partial charge in [-0.1, -0.05) is 13.3 Å². The zero-order chi connectivity index (χ0) is 11.4. The van der Waals surface area contributed by atoms with E-state index in [0.29, 0.717) is 12.8 Å². The van der Waals surface area contributed by atoms with E-state index in [4.69, 9.17) is 0 Å². The molecule has 2 N–H and O–H groups in total. The van der Waals surface area contributed by atoms with Gasteiger partial charge in [0.1, 0.15) is 0 Å². The molecule has 0 radical (unpaired) electrons. The van der Waals surface area contributed by atoms with Crippen molar-refractivity contribution in [2.24, 2.45) is 0 Å². The lowest BCUT2D eigenvalue weighted by Crippen LogP contribution is -2.27. The van der Waals surface area contributed by atoms with E-state index in [1.165, 1.54) is 4.88 Å². The molecule has 0 aliphatic heterocycles. The van der Waals surface area contributed by atoms with Gasteiger partial charge in [-0.15, -0.1) is 11.3 Å². The molecule has 0 aliphatic carbocycles. The van der Waals surface area contributed by atoms with E-state index in [1.54, 1.807) is 11.3 Å². The van der Waals surface area contributed by atoms with Crippen LogP contribution in [0.2, 0.25) is 0 Å². The van der Waals surface area contributed by atoms with Crippen molar-refractivity contribution in [3.63, 3.8) is 0 Å². The molecular weight excluding hydrogens is 210 g/mol. The van der Waals surface area contributed by atoms with Crippen molar-refractivity contribution >= 4 is 11.3 Å². The largest absolute Gasteiger partial charge is 0.390 e. The van der Waals surface area contributed by atoms with E-state index >= 15 is 0 Å². The van der Waals surface area contributed by atoms with Gasteiger partial charge in [-0.25, -0.2) is 4.98 Å². The molecule has 0 spiro atoms. The Hall–Kier alpha value is -0.450. The summed E-state index contributed by atoms with van der Waals surface area (Å²) >= 11 is 1.60. The minimum absolute atomic E-state index is 0.459. The smallest absolute Gasteiger partial charge is 0.0957 e. The number of aryl methyl sites for hydroxylation is 2. The van der Waals surface area contributed by atoms with Gasteiger partial charge in [0.25, 0.3) is 0 Å². The minimum atomic E-state index is -0.685. The predicted molar refractivity (Wildman–Crippen MR) is 62.2 cm³/mol. The molecule has 0 saturated heterocycles. The first-order chi connectivity index (χ1) is 7.04. The van der Waals surface area contributed by atoms with Crippen LogP contribution in [0, 0.1) is 13.8 Å². The van der Waals surface area contributed by atoms with Gasteiger partial charge in [0.2, 0.25) is 0 Å². The van der Waals surface area contributed by atoms with Gasteiger partial charge in [-0.05, 0) is 20.3 Å². The Morgan fingerprint density at radius 3 is 2.40 bits per heavy atom. The molecule has 0 aromatic carbocycles. The molecule has 2 atom stereocenters. The van der Waals surface area contributed by atoms with Crippen molar-refractivity contribution in [1.29, 1.82) is 0 Å². The number of aliphatic hydroxyl groups is 2. The average molecular weight is 229 g/mol. The second-order valence-electron chi connectivity index (χ2n) is 3.88. The van der Waals surface area contributed by atoms with Gasteiger partial charge in [0.05, 0.1) is 22.9 Å². The summed E-state index contributed by atoms with van der Waals surface area (Å²) in [5.74, 6) is 0. The highest BCUT2D eigenvalue weighted by atomic mass is 32.1. The Kier molecular flexibility index (Phi) is 4.70. The molecule has 3 nitrogen and oxygen atoms in total. The zero-order valence-corrected chi connectivity index (χ0v) is 10.3. The highest BCUT2D eigenvalue weighted by Crippen LogP contribution is 2.19. The summed E-state index contributed by atoms with van der Waals surface area (Å²) in [6.07, 6.45) is 0.675. The fourth-order valence-electron chi connectivity index (χ4n) is 1.43. The van der Waals surface area contributed by atoms with Crippen LogP contribution >= 0.6 is 11.3 Å². The lowest BCUT2D eigenvalue weighted by atomic mass is 10.1. The van der Waals surface area contributed by atoms with Crippen molar-refractivity contribution in [1.82, 2.24) is 4.98 Å². The number of thiazole rings is 1. The van der Waals surface area contributed by atoms with E-state index in [0.717, 1.165) is 17.1 Å². The Labute approximate surface area is 94.8 Å². The van der Waals surface area contributed by atoms with Crippen LogP contribution in [0.25, 0.3) is 0 Å². The van der Waals surface area contributed by atoms with E-state index in [9.17, 15) is 10.2 Å². The van der Waals surface area contributed by atoms with Crippen LogP contribution in [0.4, 0.5) is 0 Å². The number of hydrogen-bond donors (Lipinski definition) is 2. The number of aromatic nitrogens is 1. The Morgan fingerprint density at radius 2 is 1.93 bits per heavy atom. The van der Waals surface area contributed by atoms with Crippen LogP contribution in [0.1, 0.15) is 35.3 Å². The van der Waals surface area contributed by atoms with E-state index in [-0.39, 0.29) is 0 Å². The molecule has 0 saturated carbocycles. The SMILES string of the molecule is CCCC(O)C(O)Cc1nc(C)c(C)s1. The van der Waals surface area contributed by atoms with Crippen LogP contribution in [0.15, 0.2) is 0 Å². The number of hydrogen-bond acceptors (Lipinski definition) is 4. The van der Waals surface area contributed by atoms with Crippen LogP contribution in [0.5, 0.6) is 0 Å². The normalized spacial score (nSPS) is 15.3. The fraction of sp³-hybridized carbons (Fsp3) is 0.727. The third-order valence-electron chi connectivity index (χ3n) is 2.49. The Balaban J connectivity index is 2.54. The van der Waals surface area contributed by atoms with Gasteiger partial charge in [-0.2, -0.15) is 0 Å². The third kappa shape index (κ3) is 3.55. The molecule has 1 heterocycles. The number of rotatable bonds is 5. The molecule has 1 aromatic heterocycles. The lowest BCUT2D eigenvalue weighted by molar-refractivity contribution is 0.0148. The molecule has 1 aromatic rings. The monoisotopic (exact) mass is 229 g/mol. The van der Waals surface area contributed by atoms with Crippen LogP contribution < -0.4 is 0 Å². The van der Waals surface area contributed by atoms with Crippen LogP contribution in [-0.2, 0) is 6.42 Å². The van der Waals surface area contributed by atoms with Crippen molar-refractivity contribution < 1.29 is 10.2 Å². The van der Waals surface area contributed by atoms with Crippen molar-refractivity contribution in [2.75, 3.05) is 0 Å². The highest BCUT2D eigenvalue weighted by Gasteiger charge is 2.17. The Bertz CT molecular complexity index is 292. The molecule has 15 heavy (non-hydrogen) atoms.